The maximum Gasteiger partial charge on any atom is 0.297 e. The molecule has 0 amide bonds. The van der Waals surface area contributed by atoms with Gasteiger partial charge >= 0.3 is 0 Å². The van der Waals surface area contributed by atoms with E-state index in [2.05, 4.69) is 0 Å². The van der Waals surface area contributed by atoms with E-state index in [1.807, 2.05) is 6.92 Å². The van der Waals surface area contributed by atoms with E-state index in [0.717, 1.165) is 5.56 Å². The lowest BCUT2D eigenvalue weighted by molar-refractivity contribution is 0.221. The van der Waals surface area contributed by atoms with Gasteiger partial charge in [-0.2, -0.15) is 8.42 Å². The molecular weight excluding hydrogens is 392 g/mol. The van der Waals surface area contributed by atoms with Crippen molar-refractivity contribution in [3.63, 3.8) is 0 Å². The summed E-state index contributed by atoms with van der Waals surface area (Å²) >= 11 is 0. The summed E-state index contributed by atoms with van der Waals surface area (Å²) in [7, 11) is -3.84. The van der Waals surface area contributed by atoms with Crippen LogP contribution in [0.15, 0.2) is 80.8 Å². The van der Waals surface area contributed by atoms with Crippen LogP contribution in [0.3, 0.4) is 0 Å². The topological polar surface area (TPSA) is 82.8 Å². The molecule has 0 atom stereocenters. The highest BCUT2D eigenvalue weighted by Gasteiger charge is 2.15. The molecule has 0 aliphatic carbocycles. The SMILES string of the molecule is Cc1ccc(S(=O)(=O)OCCOc2ccc3oc4ccccc4c(=O)c3c2)cc1. The molecule has 0 radical (unpaired) electrons. The normalized spacial score (nSPS) is 11.8. The second-order valence-corrected chi connectivity index (χ2v) is 8.14. The molecule has 0 aliphatic heterocycles. The minimum Gasteiger partial charge on any atom is -0.491 e. The zero-order valence-electron chi connectivity index (χ0n) is 15.6. The lowest BCUT2D eigenvalue weighted by atomic mass is 10.1. The average Bonchev–Trinajstić information content (AvgIpc) is 2.72. The van der Waals surface area contributed by atoms with E-state index in [4.69, 9.17) is 13.3 Å². The van der Waals surface area contributed by atoms with Crippen LogP contribution in [0, 0.1) is 6.92 Å². The number of aryl methyl sites for hydroxylation is 1. The molecule has 4 rings (SSSR count). The Kier molecular flexibility index (Phi) is 5.08. The lowest BCUT2D eigenvalue weighted by Gasteiger charge is -2.09. The molecule has 4 aromatic rings. The molecule has 0 saturated heterocycles. The quantitative estimate of drug-likeness (QED) is 0.271. The Morgan fingerprint density at radius 2 is 1.59 bits per heavy atom. The van der Waals surface area contributed by atoms with E-state index in [1.165, 1.54) is 12.1 Å². The second-order valence-electron chi connectivity index (χ2n) is 6.52. The first-order valence-electron chi connectivity index (χ1n) is 8.98. The summed E-state index contributed by atoms with van der Waals surface area (Å²) in [4.78, 5) is 12.8. The summed E-state index contributed by atoms with van der Waals surface area (Å²) in [5.74, 6) is 0.427. The molecule has 148 valence electrons. The smallest absolute Gasteiger partial charge is 0.297 e. The van der Waals surface area contributed by atoms with Crippen LogP contribution >= 0.6 is 0 Å². The van der Waals surface area contributed by atoms with Gasteiger partial charge in [0, 0.05) is 0 Å². The largest absolute Gasteiger partial charge is 0.491 e. The predicted molar refractivity (Wildman–Crippen MR) is 110 cm³/mol. The molecule has 0 aliphatic rings. The Morgan fingerprint density at radius 1 is 0.862 bits per heavy atom. The number of hydrogen-bond acceptors (Lipinski definition) is 6. The minimum absolute atomic E-state index is 0.00944. The highest BCUT2D eigenvalue weighted by molar-refractivity contribution is 7.86. The van der Waals surface area contributed by atoms with Gasteiger partial charge in [-0.3, -0.25) is 8.98 Å². The van der Waals surface area contributed by atoms with Crippen LogP contribution < -0.4 is 10.2 Å². The van der Waals surface area contributed by atoms with Gasteiger partial charge in [0.2, 0.25) is 5.43 Å². The summed E-state index contributed by atoms with van der Waals surface area (Å²) in [5, 5.41) is 0.888. The number of fused-ring (bicyclic) bond motifs is 2. The molecule has 6 nitrogen and oxygen atoms in total. The lowest BCUT2D eigenvalue weighted by Crippen LogP contribution is -2.13. The van der Waals surface area contributed by atoms with Crippen molar-refractivity contribution in [1.82, 2.24) is 0 Å². The monoisotopic (exact) mass is 410 g/mol. The van der Waals surface area contributed by atoms with Crippen LogP contribution in [-0.2, 0) is 14.3 Å². The summed E-state index contributed by atoms with van der Waals surface area (Å²) in [6.45, 7) is 1.73. The van der Waals surface area contributed by atoms with Crippen LogP contribution in [0.5, 0.6) is 5.75 Å². The van der Waals surface area contributed by atoms with Gasteiger partial charge in [-0.25, -0.2) is 0 Å². The summed E-state index contributed by atoms with van der Waals surface area (Å²) in [6.07, 6.45) is 0. The maximum atomic E-state index is 12.7. The van der Waals surface area contributed by atoms with Crippen molar-refractivity contribution in [3.05, 3.63) is 82.5 Å². The molecular formula is C22H18O6S. The second kappa shape index (κ2) is 7.69. The minimum atomic E-state index is -3.84. The van der Waals surface area contributed by atoms with Gasteiger partial charge in [0.05, 0.1) is 15.7 Å². The van der Waals surface area contributed by atoms with E-state index < -0.39 is 10.1 Å². The first-order valence-corrected chi connectivity index (χ1v) is 10.4. The van der Waals surface area contributed by atoms with Crippen LogP contribution in [0.4, 0.5) is 0 Å². The molecule has 0 fully saturated rings. The van der Waals surface area contributed by atoms with Gasteiger partial charge in [-0.05, 0) is 49.4 Å². The fourth-order valence-corrected chi connectivity index (χ4v) is 3.84. The molecule has 0 unspecified atom stereocenters. The van der Waals surface area contributed by atoms with Crippen molar-refractivity contribution in [2.24, 2.45) is 0 Å². The molecule has 7 heteroatoms. The Morgan fingerprint density at radius 3 is 2.38 bits per heavy atom. The van der Waals surface area contributed by atoms with Crippen LogP contribution in [0.1, 0.15) is 5.56 Å². The van der Waals surface area contributed by atoms with Crippen molar-refractivity contribution in [3.8, 4) is 5.75 Å². The van der Waals surface area contributed by atoms with Gasteiger partial charge < -0.3 is 9.15 Å². The van der Waals surface area contributed by atoms with E-state index in [-0.39, 0.29) is 23.5 Å². The van der Waals surface area contributed by atoms with Crippen LogP contribution in [0.2, 0.25) is 0 Å². The third-order valence-corrected chi connectivity index (χ3v) is 5.77. The van der Waals surface area contributed by atoms with Crippen molar-refractivity contribution in [1.29, 1.82) is 0 Å². The summed E-state index contributed by atoms with van der Waals surface area (Å²) in [6, 6.07) is 18.3. The molecule has 0 bridgehead atoms. The third kappa shape index (κ3) is 4.01. The van der Waals surface area contributed by atoms with E-state index in [1.54, 1.807) is 54.6 Å². The highest BCUT2D eigenvalue weighted by atomic mass is 32.2. The fourth-order valence-electron chi connectivity index (χ4n) is 2.95. The Hall–Kier alpha value is -3.16. The maximum absolute atomic E-state index is 12.7. The zero-order chi connectivity index (χ0) is 20.4. The number of para-hydroxylation sites is 1. The molecule has 1 heterocycles. The molecule has 0 saturated carbocycles. The van der Waals surface area contributed by atoms with E-state index in [9.17, 15) is 13.2 Å². The Balaban J connectivity index is 1.46. The van der Waals surface area contributed by atoms with Crippen molar-refractivity contribution < 1.29 is 21.8 Å². The Bertz CT molecular complexity index is 1340. The van der Waals surface area contributed by atoms with Crippen molar-refractivity contribution >= 4 is 32.1 Å². The van der Waals surface area contributed by atoms with Gasteiger partial charge in [0.15, 0.2) is 0 Å². The fraction of sp³-hybridized carbons (Fsp3) is 0.136. The molecule has 1 aromatic heterocycles. The number of benzene rings is 3. The van der Waals surface area contributed by atoms with E-state index in [0.29, 0.717) is 27.7 Å². The predicted octanol–water partition coefficient (Wildman–Crippen LogP) is 4.04. The Labute approximate surface area is 167 Å². The third-order valence-electron chi connectivity index (χ3n) is 4.45. The molecule has 3 aromatic carbocycles. The zero-order valence-corrected chi connectivity index (χ0v) is 16.4. The summed E-state index contributed by atoms with van der Waals surface area (Å²) in [5.41, 5.74) is 1.79. The first kappa shape index (κ1) is 19.2. The van der Waals surface area contributed by atoms with Crippen LogP contribution in [0.25, 0.3) is 21.9 Å². The molecule has 0 spiro atoms. The van der Waals surface area contributed by atoms with Gasteiger partial charge in [0.25, 0.3) is 10.1 Å². The van der Waals surface area contributed by atoms with Gasteiger partial charge in [-0.15, -0.1) is 0 Å². The van der Waals surface area contributed by atoms with Crippen molar-refractivity contribution in [2.75, 3.05) is 13.2 Å². The number of rotatable bonds is 6. The van der Waals surface area contributed by atoms with Crippen LogP contribution in [-0.4, -0.2) is 21.6 Å². The van der Waals surface area contributed by atoms with E-state index >= 15 is 0 Å². The highest BCUT2D eigenvalue weighted by Crippen LogP contribution is 2.22. The summed E-state index contributed by atoms with van der Waals surface area (Å²) < 4.78 is 40.7. The van der Waals surface area contributed by atoms with Gasteiger partial charge in [-0.1, -0.05) is 29.8 Å². The standard InChI is InChI=1S/C22H18O6S/c1-15-6-9-17(10-7-15)29(24,25)27-13-12-26-16-8-11-21-19(14-16)22(23)18-4-2-3-5-20(18)28-21/h2-11,14H,12-13H2,1H3. The molecule has 29 heavy (non-hydrogen) atoms. The number of hydrogen-bond donors (Lipinski definition) is 0. The average molecular weight is 410 g/mol. The molecule has 0 N–H and O–H groups in total. The van der Waals surface area contributed by atoms with Crippen molar-refractivity contribution in [2.45, 2.75) is 11.8 Å². The van der Waals surface area contributed by atoms with Gasteiger partial charge in [0.1, 0.15) is 30.1 Å². The first-order chi connectivity index (χ1) is 13.9. The number of ether oxygens (including phenoxy) is 1.